The van der Waals surface area contributed by atoms with Crippen LogP contribution in [0.5, 0.6) is 5.75 Å². The molecule has 0 amide bonds. The van der Waals surface area contributed by atoms with Crippen molar-refractivity contribution >= 4 is 15.9 Å². The quantitative estimate of drug-likeness (QED) is 0.660. The Kier molecular flexibility index (Phi) is 5.86. The van der Waals surface area contributed by atoms with Crippen molar-refractivity contribution in [1.82, 2.24) is 0 Å². The lowest BCUT2D eigenvalue weighted by molar-refractivity contribution is 0.414. The first-order valence-electron chi connectivity index (χ1n) is 7.37. The van der Waals surface area contributed by atoms with Crippen LogP contribution in [0.2, 0.25) is 0 Å². The Labute approximate surface area is 136 Å². The third-order valence-electron chi connectivity index (χ3n) is 3.89. The third-order valence-corrected chi connectivity index (χ3v) is 4.81. The highest BCUT2D eigenvalue weighted by molar-refractivity contribution is 9.09. The van der Waals surface area contributed by atoms with Crippen LogP contribution >= 0.6 is 15.9 Å². The number of hydrogen-bond acceptors (Lipinski definition) is 1. The van der Waals surface area contributed by atoms with Gasteiger partial charge in [-0.15, -0.1) is 0 Å². The molecule has 2 aromatic carbocycles. The van der Waals surface area contributed by atoms with Crippen LogP contribution in [-0.2, 0) is 12.8 Å². The summed E-state index contributed by atoms with van der Waals surface area (Å²) in [5.74, 6) is 1.53. The molecule has 1 unspecified atom stereocenters. The van der Waals surface area contributed by atoms with E-state index in [2.05, 4.69) is 66.2 Å². The van der Waals surface area contributed by atoms with Gasteiger partial charge in [0.2, 0.25) is 0 Å². The minimum absolute atomic E-state index is 0.595. The average molecular weight is 347 g/mol. The summed E-state index contributed by atoms with van der Waals surface area (Å²) in [6, 6.07) is 15.1. The van der Waals surface area contributed by atoms with Crippen LogP contribution in [0.25, 0.3) is 0 Å². The predicted molar refractivity (Wildman–Crippen MR) is 93.6 cm³/mol. The summed E-state index contributed by atoms with van der Waals surface area (Å²) in [6.45, 7) is 4.36. The van der Waals surface area contributed by atoms with Gasteiger partial charge in [-0.1, -0.05) is 51.8 Å². The highest BCUT2D eigenvalue weighted by atomic mass is 79.9. The standard InChI is InChI=1S/C19H23BrO/c1-14-7-8-15(2)18(9-14)11-17(13-20)10-16-5-4-6-19(12-16)21-3/h4-9,12,17H,10-11,13H2,1-3H3. The largest absolute Gasteiger partial charge is 0.497 e. The molecule has 112 valence electrons. The van der Waals surface area contributed by atoms with Crippen LogP contribution in [-0.4, -0.2) is 12.4 Å². The maximum absolute atomic E-state index is 5.31. The Morgan fingerprint density at radius 2 is 1.86 bits per heavy atom. The van der Waals surface area contributed by atoms with Crippen LogP contribution < -0.4 is 4.74 Å². The molecule has 0 spiro atoms. The lowest BCUT2D eigenvalue weighted by Gasteiger charge is -2.17. The maximum Gasteiger partial charge on any atom is 0.119 e. The molecule has 0 aliphatic rings. The molecule has 2 aromatic rings. The predicted octanol–water partition coefficient (Wildman–Crippen LogP) is 5.11. The first kappa shape index (κ1) is 16.1. The van der Waals surface area contributed by atoms with Crippen molar-refractivity contribution < 1.29 is 4.74 Å². The van der Waals surface area contributed by atoms with Gasteiger partial charge in [-0.3, -0.25) is 0 Å². The van der Waals surface area contributed by atoms with Crippen LogP contribution in [0.3, 0.4) is 0 Å². The zero-order valence-corrected chi connectivity index (χ0v) is 14.6. The highest BCUT2D eigenvalue weighted by Crippen LogP contribution is 2.22. The molecule has 0 saturated carbocycles. The molecule has 21 heavy (non-hydrogen) atoms. The second-order valence-electron chi connectivity index (χ2n) is 5.71. The van der Waals surface area contributed by atoms with Crippen LogP contribution in [0.4, 0.5) is 0 Å². The molecule has 0 heterocycles. The summed E-state index contributed by atoms with van der Waals surface area (Å²) in [5.41, 5.74) is 5.52. The number of aryl methyl sites for hydroxylation is 2. The Hall–Kier alpha value is -1.28. The molecule has 0 radical (unpaired) electrons. The molecule has 0 saturated heterocycles. The average Bonchev–Trinajstić information content (AvgIpc) is 2.50. The van der Waals surface area contributed by atoms with Gasteiger partial charge in [0, 0.05) is 5.33 Å². The number of rotatable bonds is 6. The first-order chi connectivity index (χ1) is 10.1. The smallest absolute Gasteiger partial charge is 0.119 e. The molecule has 0 aliphatic heterocycles. The number of benzene rings is 2. The van der Waals surface area contributed by atoms with Gasteiger partial charge >= 0.3 is 0 Å². The van der Waals surface area contributed by atoms with Crippen LogP contribution in [0, 0.1) is 19.8 Å². The monoisotopic (exact) mass is 346 g/mol. The van der Waals surface area contributed by atoms with Crippen molar-refractivity contribution in [3.05, 3.63) is 64.7 Å². The van der Waals surface area contributed by atoms with Gasteiger partial charge in [-0.2, -0.15) is 0 Å². The lowest BCUT2D eigenvalue weighted by atomic mass is 9.91. The molecular weight excluding hydrogens is 324 g/mol. The van der Waals surface area contributed by atoms with Gasteiger partial charge in [0.25, 0.3) is 0 Å². The SMILES string of the molecule is COc1cccc(CC(CBr)Cc2cc(C)ccc2C)c1. The molecule has 2 heteroatoms. The van der Waals surface area contributed by atoms with Gasteiger partial charge in [0.15, 0.2) is 0 Å². The summed E-state index contributed by atoms with van der Waals surface area (Å²) >= 11 is 3.68. The van der Waals surface area contributed by atoms with Crippen molar-refractivity contribution in [3.8, 4) is 5.75 Å². The summed E-state index contributed by atoms with van der Waals surface area (Å²) in [6.07, 6.45) is 2.17. The summed E-state index contributed by atoms with van der Waals surface area (Å²) in [4.78, 5) is 0. The molecule has 1 atom stereocenters. The number of halogens is 1. The summed E-state index contributed by atoms with van der Waals surface area (Å²) in [5, 5.41) is 1.01. The zero-order valence-electron chi connectivity index (χ0n) is 13.0. The second kappa shape index (κ2) is 7.65. The van der Waals surface area contributed by atoms with E-state index >= 15 is 0 Å². The van der Waals surface area contributed by atoms with Crippen molar-refractivity contribution in [3.63, 3.8) is 0 Å². The summed E-state index contributed by atoms with van der Waals surface area (Å²) < 4.78 is 5.31. The van der Waals surface area contributed by atoms with E-state index in [1.54, 1.807) is 7.11 Å². The molecular formula is C19H23BrO. The minimum atomic E-state index is 0.595. The Bertz CT molecular complexity index is 592. The van der Waals surface area contributed by atoms with Crippen molar-refractivity contribution in [2.24, 2.45) is 5.92 Å². The van der Waals surface area contributed by atoms with E-state index in [0.717, 1.165) is 23.9 Å². The molecule has 0 bridgehead atoms. The molecule has 0 fully saturated rings. The second-order valence-corrected chi connectivity index (χ2v) is 6.36. The molecule has 2 rings (SSSR count). The number of hydrogen-bond donors (Lipinski definition) is 0. The van der Waals surface area contributed by atoms with Crippen molar-refractivity contribution in [2.75, 3.05) is 12.4 Å². The van der Waals surface area contributed by atoms with Gasteiger partial charge < -0.3 is 4.74 Å². The normalized spacial score (nSPS) is 12.2. The van der Waals surface area contributed by atoms with Gasteiger partial charge in [-0.25, -0.2) is 0 Å². The lowest BCUT2D eigenvalue weighted by Crippen LogP contribution is -2.11. The Balaban J connectivity index is 2.10. The van der Waals surface area contributed by atoms with E-state index in [4.69, 9.17) is 4.74 Å². The van der Waals surface area contributed by atoms with E-state index in [9.17, 15) is 0 Å². The van der Waals surface area contributed by atoms with Crippen LogP contribution in [0.1, 0.15) is 22.3 Å². The topological polar surface area (TPSA) is 9.23 Å². The fourth-order valence-electron chi connectivity index (χ4n) is 2.65. The molecule has 0 aromatic heterocycles. The number of methoxy groups -OCH3 is 1. The van der Waals surface area contributed by atoms with Gasteiger partial charge in [0.1, 0.15) is 5.75 Å². The van der Waals surface area contributed by atoms with Crippen LogP contribution in [0.15, 0.2) is 42.5 Å². The number of alkyl halides is 1. The molecule has 0 N–H and O–H groups in total. The van der Waals surface area contributed by atoms with E-state index in [1.165, 1.54) is 22.3 Å². The summed E-state index contributed by atoms with van der Waals surface area (Å²) in [7, 11) is 1.72. The van der Waals surface area contributed by atoms with E-state index < -0.39 is 0 Å². The Morgan fingerprint density at radius 1 is 1.05 bits per heavy atom. The fraction of sp³-hybridized carbons (Fsp3) is 0.368. The van der Waals surface area contributed by atoms with E-state index in [1.807, 2.05) is 6.07 Å². The van der Waals surface area contributed by atoms with Crippen molar-refractivity contribution in [2.45, 2.75) is 26.7 Å². The van der Waals surface area contributed by atoms with E-state index in [0.29, 0.717) is 5.92 Å². The first-order valence-corrected chi connectivity index (χ1v) is 8.49. The van der Waals surface area contributed by atoms with Gasteiger partial charge in [0.05, 0.1) is 7.11 Å². The fourth-order valence-corrected chi connectivity index (χ4v) is 3.10. The maximum atomic E-state index is 5.31. The molecule has 1 nitrogen and oxygen atoms in total. The van der Waals surface area contributed by atoms with Crippen molar-refractivity contribution in [1.29, 1.82) is 0 Å². The third kappa shape index (κ3) is 4.60. The number of ether oxygens (including phenoxy) is 1. The zero-order chi connectivity index (χ0) is 15.2. The van der Waals surface area contributed by atoms with E-state index in [-0.39, 0.29) is 0 Å². The highest BCUT2D eigenvalue weighted by Gasteiger charge is 2.12. The Morgan fingerprint density at radius 3 is 2.57 bits per heavy atom. The molecule has 0 aliphatic carbocycles. The minimum Gasteiger partial charge on any atom is -0.497 e. The van der Waals surface area contributed by atoms with Gasteiger partial charge in [-0.05, 0) is 61.4 Å².